The van der Waals surface area contributed by atoms with Gasteiger partial charge in [0.2, 0.25) is 17.7 Å². The molecule has 0 radical (unpaired) electrons. The number of nitrogens with zero attached hydrogens (tertiary/aromatic N) is 2. The Morgan fingerprint density at radius 1 is 1.26 bits per heavy atom. The normalized spacial score (nSPS) is 29.0. The first kappa shape index (κ1) is 25.8. The van der Waals surface area contributed by atoms with Gasteiger partial charge in [-0.25, -0.2) is 0 Å². The number of alkyl halides is 3. The van der Waals surface area contributed by atoms with Crippen LogP contribution in [-0.4, -0.2) is 65.9 Å². The quantitative estimate of drug-likeness (QED) is 0.489. The number of rotatable bonds is 7. The number of carbonyl (C=O) groups is 4. The van der Waals surface area contributed by atoms with Crippen molar-refractivity contribution in [1.82, 2.24) is 20.9 Å². The smallest absolute Gasteiger partial charge is 0.356 e. The highest BCUT2D eigenvalue weighted by molar-refractivity contribution is 5.94. The lowest BCUT2D eigenvalue weighted by Crippen LogP contribution is -2.59. The number of nitrogens with one attached hydrogen (secondary N) is 3. The van der Waals surface area contributed by atoms with Crippen LogP contribution in [0.2, 0.25) is 0 Å². The maximum Gasteiger partial charge on any atom is 0.471 e. The Hall–Kier alpha value is -2.84. The molecule has 3 N–H and O–H groups in total. The molecule has 0 bridgehead atoms. The molecule has 1 saturated carbocycles. The van der Waals surface area contributed by atoms with Gasteiger partial charge in [-0.2, -0.15) is 18.4 Å². The summed E-state index contributed by atoms with van der Waals surface area (Å²) in [6.45, 7) is 7.57. The molecule has 3 aliphatic rings. The summed E-state index contributed by atoms with van der Waals surface area (Å²) in [7, 11) is 0. The molecule has 0 spiro atoms. The van der Waals surface area contributed by atoms with Crippen LogP contribution in [0.15, 0.2) is 0 Å². The molecule has 0 aromatic rings. The van der Waals surface area contributed by atoms with E-state index in [0.717, 1.165) is 0 Å². The van der Waals surface area contributed by atoms with Crippen LogP contribution in [0.4, 0.5) is 13.2 Å². The first-order valence-electron chi connectivity index (χ1n) is 11.4. The third kappa shape index (κ3) is 4.83. The number of hydrogen-bond acceptors (Lipinski definition) is 5. The van der Waals surface area contributed by atoms with E-state index in [1.54, 1.807) is 5.32 Å². The van der Waals surface area contributed by atoms with Gasteiger partial charge in [-0.3, -0.25) is 19.2 Å². The number of likely N-dealkylation sites (tertiary alicyclic amines) is 1. The minimum atomic E-state index is -5.15. The molecule has 3 fully saturated rings. The zero-order valence-electron chi connectivity index (χ0n) is 19.5. The van der Waals surface area contributed by atoms with Gasteiger partial charge in [0.05, 0.1) is 6.07 Å². The second-order valence-corrected chi connectivity index (χ2v) is 10.3. The third-order valence-electron chi connectivity index (χ3n) is 7.39. The van der Waals surface area contributed by atoms with Crippen molar-refractivity contribution < 1.29 is 32.3 Å². The van der Waals surface area contributed by atoms with Gasteiger partial charge >= 0.3 is 12.1 Å². The average molecular weight is 486 g/mol. The maximum absolute atomic E-state index is 13.3. The Morgan fingerprint density at radius 3 is 2.41 bits per heavy atom. The van der Waals surface area contributed by atoms with E-state index in [9.17, 15) is 37.6 Å². The van der Waals surface area contributed by atoms with Crippen molar-refractivity contribution in [2.75, 3.05) is 13.1 Å². The minimum Gasteiger partial charge on any atom is -0.356 e. The summed E-state index contributed by atoms with van der Waals surface area (Å²) in [6.07, 6.45) is -4.47. The predicted molar refractivity (Wildman–Crippen MR) is 112 cm³/mol. The van der Waals surface area contributed by atoms with Crippen molar-refractivity contribution in [3.63, 3.8) is 0 Å². The zero-order chi connectivity index (χ0) is 25.6. The number of nitriles is 1. The van der Waals surface area contributed by atoms with Gasteiger partial charge in [0.1, 0.15) is 18.1 Å². The summed E-state index contributed by atoms with van der Waals surface area (Å²) < 4.78 is 38.4. The number of carbonyl (C=O) groups excluding carboxylic acids is 4. The van der Waals surface area contributed by atoms with Crippen molar-refractivity contribution >= 4 is 23.6 Å². The summed E-state index contributed by atoms with van der Waals surface area (Å²) in [4.78, 5) is 51.1. The molecule has 2 saturated heterocycles. The molecular formula is C22H30F3N5O4. The maximum atomic E-state index is 13.3. The van der Waals surface area contributed by atoms with E-state index in [0.29, 0.717) is 13.0 Å². The molecule has 4 amide bonds. The van der Waals surface area contributed by atoms with Gasteiger partial charge in [-0.1, -0.05) is 27.7 Å². The lowest BCUT2D eigenvalue weighted by molar-refractivity contribution is -0.175. The fraction of sp³-hybridized carbons (Fsp3) is 0.773. The van der Waals surface area contributed by atoms with Crippen LogP contribution in [0, 0.1) is 40.4 Å². The first-order chi connectivity index (χ1) is 15.7. The second-order valence-electron chi connectivity index (χ2n) is 10.3. The lowest BCUT2D eigenvalue weighted by atomic mass is 9.96. The summed E-state index contributed by atoms with van der Waals surface area (Å²) in [5.74, 6) is -5.06. The fourth-order valence-electron chi connectivity index (χ4n) is 5.28. The Morgan fingerprint density at radius 2 is 1.91 bits per heavy atom. The summed E-state index contributed by atoms with van der Waals surface area (Å²) >= 11 is 0. The van der Waals surface area contributed by atoms with Crippen molar-refractivity contribution in [2.45, 2.75) is 64.8 Å². The highest BCUT2D eigenvalue weighted by Gasteiger charge is 2.69. The van der Waals surface area contributed by atoms with Gasteiger partial charge in [0.15, 0.2) is 0 Å². The van der Waals surface area contributed by atoms with Gasteiger partial charge in [0, 0.05) is 19.0 Å². The third-order valence-corrected chi connectivity index (χ3v) is 7.39. The Balaban J connectivity index is 1.77. The van der Waals surface area contributed by atoms with Crippen LogP contribution < -0.4 is 16.0 Å². The second kappa shape index (κ2) is 9.07. The van der Waals surface area contributed by atoms with Gasteiger partial charge in [-0.15, -0.1) is 0 Å². The molecule has 0 aromatic carbocycles. The number of fused-ring (bicyclic) bond motifs is 1. The molecule has 2 aliphatic heterocycles. The van der Waals surface area contributed by atoms with E-state index in [4.69, 9.17) is 0 Å². The van der Waals surface area contributed by atoms with Crippen molar-refractivity contribution in [3.05, 3.63) is 0 Å². The molecule has 34 heavy (non-hydrogen) atoms. The van der Waals surface area contributed by atoms with Crippen molar-refractivity contribution in [2.24, 2.45) is 29.1 Å². The number of amides is 4. The molecule has 3 rings (SSSR count). The topological polar surface area (TPSA) is 131 Å². The van der Waals surface area contributed by atoms with Crippen LogP contribution in [0.5, 0.6) is 0 Å². The molecule has 12 heteroatoms. The van der Waals surface area contributed by atoms with Crippen LogP contribution in [-0.2, 0) is 19.2 Å². The lowest BCUT2D eigenvalue weighted by Gasteiger charge is -2.34. The molecule has 2 heterocycles. The molecule has 6 atom stereocenters. The standard InChI is InChI=1S/C22H30F3N5O4/c1-10(2)15(29-20(34)22(23,24)25)19(33)30-9-13-14(21(13,3)4)16(30)18(32)28-12(8-26)7-11-5-6-27-17(11)31/h10-16H,5-7,9H2,1-4H3,(H,27,31)(H,28,32)(H,29,34)/t11-,12-,13?,14?,15?,16-/m0/s1. The monoisotopic (exact) mass is 485 g/mol. The summed E-state index contributed by atoms with van der Waals surface area (Å²) in [5.41, 5.74) is -0.255. The predicted octanol–water partition coefficient (Wildman–Crippen LogP) is 0.707. The first-order valence-corrected chi connectivity index (χ1v) is 11.4. The highest BCUT2D eigenvalue weighted by atomic mass is 19.4. The van der Waals surface area contributed by atoms with Crippen molar-refractivity contribution in [3.8, 4) is 6.07 Å². The largest absolute Gasteiger partial charge is 0.471 e. The van der Waals surface area contributed by atoms with Crippen molar-refractivity contribution in [1.29, 1.82) is 5.26 Å². The van der Waals surface area contributed by atoms with Gasteiger partial charge in [0.25, 0.3) is 0 Å². The molecule has 1 aliphatic carbocycles. The summed E-state index contributed by atoms with van der Waals surface area (Å²) in [6, 6.07) is -1.41. The fourth-order valence-corrected chi connectivity index (χ4v) is 5.28. The van der Waals surface area contributed by atoms with Crippen LogP contribution in [0.3, 0.4) is 0 Å². The average Bonchev–Trinajstić information content (AvgIpc) is 3.10. The number of halogens is 3. The van der Waals surface area contributed by atoms with Crippen LogP contribution >= 0.6 is 0 Å². The van der Waals surface area contributed by atoms with E-state index in [1.807, 2.05) is 19.9 Å². The van der Waals surface area contributed by atoms with E-state index in [-0.39, 0.29) is 36.1 Å². The van der Waals surface area contributed by atoms with E-state index in [2.05, 4.69) is 10.6 Å². The highest BCUT2D eigenvalue weighted by Crippen LogP contribution is 2.65. The summed E-state index contributed by atoms with van der Waals surface area (Å²) in [5, 5.41) is 16.6. The SMILES string of the molecule is CC(C)C(NC(=O)C(F)(F)F)C(=O)N1CC2C([C@H]1C(=O)N[C@H](C#N)C[C@@H]1CCNC1=O)C2(C)C. The van der Waals surface area contributed by atoms with Crippen LogP contribution in [0.25, 0.3) is 0 Å². The Labute approximate surface area is 195 Å². The molecule has 188 valence electrons. The van der Waals surface area contributed by atoms with E-state index in [1.165, 1.54) is 18.7 Å². The Bertz CT molecular complexity index is 913. The van der Waals surface area contributed by atoms with E-state index < -0.39 is 53.9 Å². The Kier molecular flexibility index (Phi) is 6.88. The van der Waals surface area contributed by atoms with Gasteiger partial charge < -0.3 is 20.9 Å². The minimum absolute atomic E-state index is 0.0283. The number of piperidine rings is 1. The molecule has 0 aromatic heterocycles. The number of hydrogen-bond donors (Lipinski definition) is 3. The molecule has 3 unspecified atom stereocenters. The molecule has 9 nitrogen and oxygen atoms in total. The molecular weight excluding hydrogens is 455 g/mol. The van der Waals surface area contributed by atoms with Gasteiger partial charge in [-0.05, 0) is 36.0 Å². The van der Waals surface area contributed by atoms with E-state index >= 15 is 0 Å². The van der Waals surface area contributed by atoms with Crippen LogP contribution in [0.1, 0.15) is 40.5 Å². The zero-order valence-corrected chi connectivity index (χ0v) is 19.5.